The van der Waals surface area contributed by atoms with Crippen LogP contribution in [0.3, 0.4) is 0 Å². The maximum Gasteiger partial charge on any atom is 0.256 e. The normalized spacial score (nSPS) is 13.5. The molecule has 0 saturated heterocycles. The van der Waals surface area contributed by atoms with Gasteiger partial charge in [-0.2, -0.15) is 0 Å². The van der Waals surface area contributed by atoms with E-state index in [9.17, 15) is 9.59 Å². The number of benzene rings is 3. The van der Waals surface area contributed by atoms with Crippen LogP contribution in [0.25, 0.3) is 11.6 Å². The number of nitrogens with one attached hydrogen (secondary N) is 4. The quantitative estimate of drug-likeness (QED) is 0.299. The summed E-state index contributed by atoms with van der Waals surface area (Å²) in [6.07, 6.45) is 3.67. The van der Waals surface area contributed by atoms with Crippen LogP contribution in [0.1, 0.15) is 27.2 Å². The molecule has 4 aromatic rings. The van der Waals surface area contributed by atoms with Gasteiger partial charge in [0.15, 0.2) is 0 Å². The first-order chi connectivity index (χ1) is 16.1. The number of hydrogen-bond donors (Lipinski definition) is 4. The fraction of sp³-hybridized carbons (Fsp3) is 0.0370. The summed E-state index contributed by atoms with van der Waals surface area (Å²) in [5, 5.41) is 9.28. The number of anilines is 4. The lowest BCUT2D eigenvalue weighted by atomic mass is 10.1. The molecule has 3 aromatic carbocycles. The topological polar surface area (TPSA) is 86.0 Å². The molecule has 4 N–H and O–H groups in total. The number of amides is 2. The van der Waals surface area contributed by atoms with Crippen molar-refractivity contribution < 1.29 is 9.59 Å². The number of carbonyl (C=O) groups excluding carboxylic acids is 2. The molecule has 0 spiro atoms. The summed E-state index contributed by atoms with van der Waals surface area (Å²) < 4.78 is 0. The maximum atomic E-state index is 12.5. The Kier molecular flexibility index (Phi) is 5.24. The minimum Gasteiger partial charge on any atom is -0.362 e. The summed E-state index contributed by atoms with van der Waals surface area (Å²) in [6, 6.07) is 24.4. The Balaban J connectivity index is 1.37. The second kappa shape index (κ2) is 8.51. The SMILES string of the molecule is Cc1ccc(NC(=O)c2ccccc2)cc1Nc1ccc2c(c1)NC(=O)/C2=C\c1ccc[nH]1. The Labute approximate surface area is 191 Å². The minimum atomic E-state index is -0.160. The third kappa shape index (κ3) is 4.27. The fourth-order valence-corrected chi connectivity index (χ4v) is 3.79. The Morgan fingerprint density at radius 2 is 1.73 bits per heavy atom. The molecule has 0 radical (unpaired) electrons. The van der Waals surface area contributed by atoms with Crippen molar-refractivity contribution in [2.45, 2.75) is 6.92 Å². The molecule has 6 heteroatoms. The number of carbonyl (C=O) groups is 2. The molecule has 2 heterocycles. The Morgan fingerprint density at radius 3 is 2.52 bits per heavy atom. The van der Waals surface area contributed by atoms with Gasteiger partial charge in [0.05, 0.1) is 11.3 Å². The summed E-state index contributed by atoms with van der Waals surface area (Å²) in [7, 11) is 0. The molecule has 1 aliphatic rings. The Hall–Kier alpha value is -4.58. The van der Waals surface area contributed by atoms with E-state index in [0.717, 1.165) is 33.9 Å². The zero-order chi connectivity index (χ0) is 22.8. The van der Waals surface area contributed by atoms with E-state index < -0.39 is 0 Å². The summed E-state index contributed by atoms with van der Waals surface area (Å²) >= 11 is 0. The van der Waals surface area contributed by atoms with E-state index in [2.05, 4.69) is 20.9 Å². The first-order valence-corrected chi connectivity index (χ1v) is 10.6. The molecule has 1 aromatic heterocycles. The number of hydrogen-bond acceptors (Lipinski definition) is 3. The second-order valence-corrected chi connectivity index (χ2v) is 7.87. The van der Waals surface area contributed by atoms with Crippen molar-refractivity contribution in [1.82, 2.24) is 4.98 Å². The van der Waals surface area contributed by atoms with Crippen molar-refractivity contribution in [3.63, 3.8) is 0 Å². The highest BCUT2D eigenvalue weighted by Gasteiger charge is 2.24. The number of H-pyrrole nitrogens is 1. The third-order valence-electron chi connectivity index (χ3n) is 5.53. The van der Waals surface area contributed by atoms with Gasteiger partial charge in [0, 0.05) is 40.1 Å². The summed E-state index contributed by atoms with van der Waals surface area (Å²) in [5.41, 5.74) is 7.16. The summed E-state index contributed by atoms with van der Waals surface area (Å²) in [5.74, 6) is -0.286. The van der Waals surface area contributed by atoms with Crippen molar-refractivity contribution >= 4 is 46.2 Å². The number of aromatic amines is 1. The molecule has 0 bridgehead atoms. The molecule has 0 aliphatic carbocycles. The van der Waals surface area contributed by atoms with Gasteiger partial charge in [0.25, 0.3) is 11.8 Å². The summed E-state index contributed by atoms with van der Waals surface area (Å²) in [6.45, 7) is 2.00. The zero-order valence-electron chi connectivity index (χ0n) is 18.0. The predicted molar refractivity (Wildman–Crippen MR) is 133 cm³/mol. The Morgan fingerprint density at radius 1 is 0.909 bits per heavy atom. The predicted octanol–water partition coefficient (Wildman–Crippen LogP) is 5.81. The molecular formula is C27H22N4O2. The van der Waals surface area contributed by atoms with Crippen LogP contribution in [0, 0.1) is 6.92 Å². The zero-order valence-corrected chi connectivity index (χ0v) is 18.0. The average Bonchev–Trinajstić information content (AvgIpc) is 3.44. The van der Waals surface area contributed by atoms with Crippen LogP contribution < -0.4 is 16.0 Å². The Bertz CT molecular complexity index is 1370. The minimum absolute atomic E-state index is 0.126. The standard InChI is InChI=1S/C27H22N4O2/c1-17-9-10-21(30-26(32)18-6-3-2-4-7-18)15-24(17)29-20-11-12-22-23(14-19-8-5-13-28-19)27(33)31-25(22)16-20/h2-16,28-29H,1H3,(H,30,32)(H,31,33)/b23-14-. The average molecular weight is 434 g/mol. The van der Waals surface area contributed by atoms with E-state index in [1.165, 1.54) is 0 Å². The van der Waals surface area contributed by atoms with E-state index in [1.807, 2.05) is 85.9 Å². The van der Waals surface area contributed by atoms with Gasteiger partial charge in [-0.25, -0.2) is 0 Å². The lowest BCUT2D eigenvalue weighted by molar-refractivity contribution is -0.110. The lowest BCUT2D eigenvalue weighted by Crippen LogP contribution is -2.11. The summed E-state index contributed by atoms with van der Waals surface area (Å²) in [4.78, 5) is 28.1. The van der Waals surface area contributed by atoms with E-state index in [-0.39, 0.29) is 11.8 Å². The first kappa shape index (κ1) is 20.3. The molecule has 1 aliphatic heterocycles. The van der Waals surface area contributed by atoms with Crippen LogP contribution in [0.4, 0.5) is 22.7 Å². The molecular weight excluding hydrogens is 412 g/mol. The van der Waals surface area contributed by atoms with Crippen molar-refractivity contribution in [1.29, 1.82) is 0 Å². The molecule has 0 unspecified atom stereocenters. The number of aromatic nitrogens is 1. The van der Waals surface area contributed by atoms with Crippen molar-refractivity contribution in [3.8, 4) is 0 Å². The van der Waals surface area contributed by atoms with Crippen LogP contribution in [0.5, 0.6) is 0 Å². The number of fused-ring (bicyclic) bond motifs is 1. The lowest BCUT2D eigenvalue weighted by Gasteiger charge is -2.13. The van der Waals surface area contributed by atoms with E-state index in [4.69, 9.17) is 0 Å². The van der Waals surface area contributed by atoms with E-state index >= 15 is 0 Å². The number of aryl methyl sites for hydroxylation is 1. The van der Waals surface area contributed by atoms with Gasteiger partial charge in [-0.05, 0) is 67.1 Å². The highest BCUT2D eigenvalue weighted by molar-refractivity contribution is 6.35. The van der Waals surface area contributed by atoms with Crippen molar-refractivity contribution in [2.75, 3.05) is 16.0 Å². The second-order valence-electron chi connectivity index (χ2n) is 7.87. The van der Waals surface area contributed by atoms with Gasteiger partial charge < -0.3 is 20.9 Å². The molecule has 162 valence electrons. The van der Waals surface area contributed by atoms with Crippen molar-refractivity contribution in [2.24, 2.45) is 0 Å². The monoisotopic (exact) mass is 434 g/mol. The highest BCUT2D eigenvalue weighted by atomic mass is 16.2. The van der Waals surface area contributed by atoms with Crippen LogP contribution in [-0.2, 0) is 4.79 Å². The van der Waals surface area contributed by atoms with Crippen LogP contribution in [-0.4, -0.2) is 16.8 Å². The third-order valence-corrected chi connectivity index (χ3v) is 5.53. The largest absolute Gasteiger partial charge is 0.362 e. The van der Waals surface area contributed by atoms with Gasteiger partial charge in [0.2, 0.25) is 0 Å². The van der Waals surface area contributed by atoms with E-state index in [0.29, 0.717) is 16.8 Å². The molecule has 0 atom stereocenters. The van der Waals surface area contributed by atoms with Gasteiger partial charge in [0.1, 0.15) is 0 Å². The van der Waals surface area contributed by atoms with Crippen LogP contribution in [0.15, 0.2) is 85.1 Å². The molecule has 6 nitrogen and oxygen atoms in total. The molecule has 5 rings (SSSR count). The van der Waals surface area contributed by atoms with Gasteiger partial charge >= 0.3 is 0 Å². The van der Waals surface area contributed by atoms with E-state index in [1.54, 1.807) is 12.1 Å². The van der Waals surface area contributed by atoms with Gasteiger partial charge in [-0.15, -0.1) is 0 Å². The molecule has 2 amide bonds. The highest BCUT2D eigenvalue weighted by Crippen LogP contribution is 2.36. The van der Waals surface area contributed by atoms with Crippen LogP contribution >= 0.6 is 0 Å². The molecule has 0 saturated carbocycles. The van der Waals surface area contributed by atoms with Crippen molar-refractivity contribution in [3.05, 3.63) is 107 Å². The van der Waals surface area contributed by atoms with Crippen LogP contribution in [0.2, 0.25) is 0 Å². The maximum absolute atomic E-state index is 12.5. The first-order valence-electron chi connectivity index (χ1n) is 10.6. The number of rotatable bonds is 5. The molecule has 33 heavy (non-hydrogen) atoms. The smallest absolute Gasteiger partial charge is 0.256 e. The van der Waals surface area contributed by atoms with Gasteiger partial charge in [-0.1, -0.05) is 30.3 Å². The fourth-order valence-electron chi connectivity index (χ4n) is 3.79. The molecule has 0 fully saturated rings. The van der Waals surface area contributed by atoms with Gasteiger partial charge in [-0.3, -0.25) is 9.59 Å².